The third-order valence-corrected chi connectivity index (χ3v) is 6.75. The Morgan fingerprint density at radius 1 is 1.14 bits per heavy atom. The van der Waals surface area contributed by atoms with Crippen LogP contribution in [0.4, 0.5) is 23.2 Å². The Balaban J connectivity index is 1.88. The molecule has 0 bridgehead atoms. The highest BCUT2D eigenvalue weighted by atomic mass is 32.2. The maximum Gasteiger partial charge on any atom is 0.418 e. The van der Waals surface area contributed by atoms with Gasteiger partial charge in [0.2, 0.25) is 10.0 Å². The average Bonchev–Trinajstić information content (AvgIpc) is 2.67. The Morgan fingerprint density at radius 2 is 1.86 bits per heavy atom. The molecule has 0 aliphatic carbocycles. The number of piperazine rings is 1. The molecule has 2 aromatic carbocycles. The highest BCUT2D eigenvalue weighted by Crippen LogP contribution is 2.38. The average molecular weight is 427 g/mol. The van der Waals surface area contributed by atoms with Gasteiger partial charge in [0.15, 0.2) is 0 Å². The summed E-state index contributed by atoms with van der Waals surface area (Å²) in [7, 11) is -3.92. The summed E-state index contributed by atoms with van der Waals surface area (Å²) in [4.78, 5) is 1.36. The maximum atomic E-state index is 13.4. The highest BCUT2D eigenvalue weighted by molar-refractivity contribution is 7.89. The summed E-state index contributed by atoms with van der Waals surface area (Å²) in [5.74, 6) is -0.993. The quantitative estimate of drug-likeness (QED) is 0.702. The third kappa shape index (κ3) is 4.21. The van der Waals surface area contributed by atoms with Gasteiger partial charge in [0, 0.05) is 31.4 Å². The first-order valence-corrected chi connectivity index (χ1v) is 10.1. The summed E-state index contributed by atoms with van der Waals surface area (Å²) in [5, 5.41) is 8.98. The van der Waals surface area contributed by atoms with Gasteiger partial charge in [-0.15, -0.1) is 0 Å². The molecule has 0 N–H and O–H groups in total. The van der Waals surface area contributed by atoms with Crippen LogP contribution in [0.1, 0.15) is 18.1 Å². The molecular formula is C19H17F4N3O2S. The molecule has 0 radical (unpaired) electrons. The number of sulfonamides is 1. The van der Waals surface area contributed by atoms with E-state index in [-0.39, 0.29) is 35.8 Å². The second-order valence-electron chi connectivity index (χ2n) is 6.71. The largest absolute Gasteiger partial charge is 0.418 e. The van der Waals surface area contributed by atoms with E-state index in [0.717, 1.165) is 12.1 Å². The van der Waals surface area contributed by atoms with E-state index in [1.807, 2.05) is 6.07 Å². The van der Waals surface area contributed by atoms with Crippen molar-refractivity contribution in [2.45, 2.75) is 24.0 Å². The van der Waals surface area contributed by atoms with Crippen molar-refractivity contribution in [1.29, 1.82) is 5.26 Å². The Labute approximate surface area is 165 Å². The lowest BCUT2D eigenvalue weighted by Gasteiger charge is -2.40. The van der Waals surface area contributed by atoms with Gasteiger partial charge in [0.25, 0.3) is 0 Å². The number of rotatable bonds is 3. The van der Waals surface area contributed by atoms with Crippen LogP contribution in [0.2, 0.25) is 0 Å². The number of anilines is 1. The molecule has 1 aliphatic rings. The maximum absolute atomic E-state index is 13.4. The third-order valence-electron chi connectivity index (χ3n) is 4.74. The van der Waals surface area contributed by atoms with Gasteiger partial charge in [-0.3, -0.25) is 0 Å². The molecule has 0 spiro atoms. The van der Waals surface area contributed by atoms with Crippen molar-refractivity contribution < 1.29 is 26.0 Å². The van der Waals surface area contributed by atoms with Gasteiger partial charge < -0.3 is 4.90 Å². The second-order valence-corrected chi connectivity index (χ2v) is 8.60. The molecular weight excluding hydrogens is 410 g/mol. The molecule has 10 heteroatoms. The second kappa shape index (κ2) is 7.65. The van der Waals surface area contributed by atoms with Crippen LogP contribution in [-0.4, -0.2) is 38.4 Å². The highest BCUT2D eigenvalue weighted by Gasteiger charge is 2.39. The summed E-state index contributed by atoms with van der Waals surface area (Å²) in [5.41, 5.74) is -1.09. The minimum Gasteiger partial charge on any atom is -0.368 e. The lowest BCUT2D eigenvalue weighted by molar-refractivity contribution is -0.137. The first-order valence-electron chi connectivity index (χ1n) is 8.68. The molecule has 0 unspecified atom stereocenters. The standard InChI is InChI=1S/C19H17F4N3O2S/c1-13-12-25(18-6-5-15(20)10-17(18)19(21,22)23)7-8-26(13)29(27,28)16-4-2-3-14(9-16)11-24/h2-6,9-10,13H,7-8,12H2,1H3/t13-/m1/s1. The van der Waals surface area contributed by atoms with Crippen LogP contribution in [0.25, 0.3) is 0 Å². The lowest BCUT2D eigenvalue weighted by atomic mass is 10.1. The molecule has 1 fully saturated rings. The molecule has 0 saturated carbocycles. The van der Waals surface area contributed by atoms with Crippen LogP contribution in [-0.2, 0) is 16.2 Å². The number of nitrogens with zero attached hydrogens (tertiary/aromatic N) is 3. The van der Waals surface area contributed by atoms with Crippen molar-refractivity contribution in [1.82, 2.24) is 4.31 Å². The fourth-order valence-corrected chi connectivity index (χ4v) is 5.05. The number of hydrogen-bond acceptors (Lipinski definition) is 4. The van der Waals surface area contributed by atoms with Crippen molar-refractivity contribution in [3.63, 3.8) is 0 Å². The molecule has 29 heavy (non-hydrogen) atoms. The minimum atomic E-state index is -4.73. The van der Waals surface area contributed by atoms with Gasteiger partial charge >= 0.3 is 6.18 Å². The molecule has 1 heterocycles. The zero-order valence-electron chi connectivity index (χ0n) is 15.3. The first kappa shape index (κ1) is 21.1. The van der Waals surface area contributed by atoms with Crippen molar-refractivity contribution >= 4 is 15.7 Å². The van der Waals surface area contributed by atoms with Gasteiger partial charge in [0.05, 0.1) is 22.1 Å². The lowest BCUT2D eigenvalue weighted by Crippen LogP contribution is -2.54. The summed E-state index contributed by atoms with van der Waals surface area (Å²) >= 11 is 0. The molecule has 154 valence electrons. The molecule has 1 atom stereocenters. The number of hydrogen-bond donors (Lipinski definition) is 0. The van der Waals surface area contributed by atoms with E-state index in [0.29, 0.717) is 6.07 Å². The van der Waals surface area contributed by atoms with Gasteiger partial charge in [-0.25, -0.2) is 12.8 Å². The topological polar surface area (TPSA) is 64.4 Å². The summed E-state index contributed by atoms with van der Waals surface area (Å²) in [6, 6.07) is 9.27. The monoisotopic (exact) mass is 427 g/mol. The molecule has 3 rings (SSSR count). The van der Waals surface area contributed by atoms with Crippen LogP contribution in [0.3, 0.4) is 0 Å². The minimum absolute atomic E-state index is 0.00584. The van der Waals surface area contributed by atoms with Gasteiger partial charge in [-0.1, -0.05) is 6.07 Å². The van der Waals surface area contributed by atoms with E-state index in [2.05, 4.69) is 0 Å². The van der Waals surface area contributed by atoms with Crippen molar-refractivity contribution in [3.8, 4) is 6.07 Å². The smallest absolute Gasteiger partial charge is 0.368 e. The molecule has 1 aliphatic heterocycles. The fraction of sp³-hybridized carbons (Fsp3) is 0.316. The van der Waals surface area contributed by atoms with Crippen LogP contribution >= 0.6 is 0 Å². The number of alkyl halides is 3. The van der Waals surface area contributed by atoms with E-state index < -0.39 is 33.6 Å². The first-order chi connectivity index (χ1) is 13.5. The SMILES string of the molecule is C[C@@H]1CN(c2ccc(F)cc2C(F)(F)F)CCN1S(=O)(=O)c1cccc(C#N)c1. The summed E-state index contributed by atoms with van der Waals surface area (Å²) in [6.45, 7) is 1.56. The van der Waals surface area contributed by atoms with E-state index in [9.17, 15) is 26.0 Å². The van der Waals surface area contributed by atoms with E-state index in [1.165, 1.54) is 33.5 Å². The van der Waals surface area contributed by atoms with Crippen LogP contribution in [0.5, 0.6) is 0 Å². The summed E-state index contributed by atoms with van der Waals surface area (Å²) in [6.07, 6.45) is -4.73. The van der Waals surface area contributed by atoms with Gasteiger partial charge in [-0.2, -0.15) is 22.7 Å². The van der Waals surface area contributed by atoms with E-state index in [4.69, 9.17) is 5.26 Å². The molecule has 1 saturated heterocycles. The van der Waals surface area contributed by atoms with E-state index >= 15 is 0 Å². The van der Waals surface area contributed by atoms with Gasteiger partial charge in [0.1, 0.15) is 5.82 Å². The molecule has 5 nitrogen and oxygen atoms in total. The molecule has 2 aromatic rings. The van der Waals surface area contributed by atoms with Crippen LogP contribution in [0, 0.1) is 17.1 Å². The van der Waals surface area contributed by atoms with Crippen LogP contribution < -0.4 is 4.90 Å². The van der Waals surface area contributed by atoms with Gasteiger partial charge in [-0.05, 0) is 43.3 Å². The normalized spacial score (nSPS) is 18.5. The number of nitriles is 1. The Kier molecular flexibility index (Phi) is 5.56. The number of halogens is 4. The molecule has 0 aromatic heterocycles. The van der Waals surface area contributed by atoms with Crippen LogP contribution in [0.15, 0.2) is 47.4 Å². The fourth-order valence-electron chi connectivity index (χ4n) is 3.39. The van der Waals surface area contributed by atoms with Crippen molar-refractivity contribution in [3.05, 3.63) is 59.4 Å². The Morgan fingerprint density at radius 3 is 2.48 bits per heavy atom. The zero-order valence-corrected chi connectivity index (χ0v) is 16.1. The zero-order chi connectivity index (χ0) is 21.4. The van der Waals surface area contributed by atoms with E-state index in [1.54, 1.807) is 6.92 Å². The predicted molar refractivity (Wildman–Crippen MR) is 98.1 cm³/mol. The Bertz CT molecular complexity index is 1060. The van der Waals surface area contributed by atoms with Crippen molar-refractivity contribution in [2.24, 2.45) is 0 Å². The van der Waals surface area contributed by atoms with Crippen molar-refractivity contribution in [2.75, 3.05) is 24.5 Å². The number of benzene rings is 2. The molecule has 0 amide bonds. The summed E-state index contributed by atoms with van der Waals surface area (Å²) < 4.78 is 80.4. The predicted octanol–water partition coefficient (Wildman–Crippen LogP) is 3.62. The Hall–Kier alpha value is -2.64.